The maximum Gasteiger partial charge on any atom is 0.236 e. The van der Waals surface area contributed by atoms with E-state index in [1.165, 1.54) is 6.42 Å². The number of piperidine rings is 1. The van der Waals surface area contributed by atoms with Crippen LogP contribution in [0, 0.1) is 0 Å². The Balaban J connectivity index is 1.59. The number of carbonyl (C=O) groups excluding carboxylic acids is 1. The molecule has 0 aromatic heterocycles. The number of nitrogens with zero attached hydrogens (tertiary/aromatic N) is 1. The molecule has 2 atom stereocenters. The van der Waals surface area contributed by atoms with Gasteiger partial charge in [-0.25, -0.2) is 0 Å². The lowest BCUT2D eigenvalue weighted by Crippen LogP contribution is -2.42. The van der Waals surface area contributed by atoms with Gasteiger partial charge in [0.15, 0.2) is 0 Å². The molecule has 0 spiro atoms. The molecule has 2 fully saturated rings. The van der Waals surface area contributed by atoms with Crippen molar-refractivity contribution in [1.82, 2.24) is 10.2 Å². The Morgan fingerprint density at radius 3 is 2.71 bits per heavy atom. The molecule has 2 rings (SSSR count). The van der Waals surface area contributed by atoms with E-state index in [0.717, 1.165) is 45.3 Å². The van der Waals surface area contributed by atoms with Crippen molar-refractivity contribution in [2.24, 2.45) is 0 Å². The Hall–Kier alpha value is -0.610. The van der Waals surface area contributed by atoms with E-state index < -0.39 is 0 Å². The zero-order chi connectivity index (χ0) is 12.1. The van der Waals surface area contributed by atoms with Crippen LogP contribution in [-0.4, -0.2) is 49.2 Å². The van der Waals surface area contributed by atoms with E-state index in [0.29, 0.717) is 18.8 Å². The zero-order valence-corrected chi connectivity index (χ0v) is 10.8. The second-order valence-corrected chi connectivity index (χ2v) is 5.22. The summed E-state index contributed by atoms with van der Waals surface area (Å²) >= 11 is 0. The summed E-state index contributed by atoms with van der Waals surface area (Å²) in [6, 6.07) is 0. The van der Waals surface area contributed by atoms with Crippen LogP contribution >= 0.6 is 0 Å². The smallest absolute Gasteiger partial charge is 0.236 e. The molecule has 17 heavy (non-hydrogen) atoms. The van der Waals surface area contributed by atoms with Gasteiger partial charge in [0.2, 0.25) is 5.91 Å². The second-order valence-electron chi connectivity index (χ2n) is 5.22. The molecule has 1 N–H and O–H groups in total. The standard InChI is InChI=1S/C13H24N2O2/c1-11-5-6-12(17-11)9-14-10-13(16)15-7-3-2-4-8-15/h11-12,14H,2-10H2,1H3. The van der Waals surface area contributed by atoms with Gasteiger partial charge in [-0.15, -0.1) is 0 Å². The quantitative estimate of drug-likeness (QED) is 0.801. The molecule has 0 saturated carbocycles. The van der Waals surface area contributed by atoms with E-state index in [-0.39, 0.29) is 5.91 Å². The van der Waals surface area contributed by atoms with Crippen molar-refractivity contribution in [2.45, 2.75) is 51.2 Å². The summed E-state index contributed by atoms with van der Waals surface area (Å²) in [6.07, 6.45) is 6.55. The van der Waals surface area contributed by atoms with Crippen LogP contribution in [0.4, 0.5) is 0 Å². The van der Waals surface area contributed by atoms with E-state index in [9.17, 15) is 4.79 Å². The maximum atomic E-state index is 11.9. The van der Waals surface area contributed by atoms with Gasteiger partial charge < -0.3 is 15.0 Å². The third kappa shape index (κ3) is 3.96. The molecule has 2 saturated heterocycles. The average molecular weight is 240 g/mol. The fraction of sp³-hybridized carbons (Fsp3) is 0.923. The number of ether oxygens (including phenoxy) is 1. The van der Waals surface area contributed by atoms with Gasteiger partial charge in [-0.3, -0.25) is 4.79 Å². The van der Waals surface area contributed by atoms with Crippen molar-refractivity contribution in [3.63, 3.8) is 0 Å². The number of amides is 1. The predicted molar refractivity (Wildman–Crippen MR) is 66.9 cm³/mol. The van der Waals surface area contributed by atoms with Gasteiger partial charge in [0.1, 0.15) is 0 Å². The summed E-state index contributed by atoms with van der Waals surface area (Å²) in [5, 5.41) is 3.23. The number of carbonyl (C=O) groups is 1. The molecule has 1 amide bonds. The van der Waals surface area contributed by atoms with E-state index in [2.05, 4.69) is 12.2 Å². The minimum Gasteiger partial charge on any atom is -0.374 e. The molecule has 2 unspecified atom stereocenters. The lowest BCUT2D eigenvalue weighted by molar-refractivity contribution is -0.131. The number of likely N-dealkylation sites (tertiary alicyclic amines) is 1. The van der Waals surface area contributed by atoms with Gasteiger partial charge in [0, 0.05) is 19.6 Å². The molecule has 0 bridgehead atoms. The fourth-order valence-corrected chi connectivity index (χ4v) is 2.63. The van der Waals surface area contributed by atoms with Crippen LogP contribution < -0.4 is 5.32 Å². The Bertz CT molecular complexity index is 252. The van der Waals surface area contributed by atoms with E-state index in [1.807, 2.05) is 4.90 Å². The van der Waals surface area contributed by atoms with Crippen LogP contribution in [0.3, 0.4) is 0 Å². The number of rotatable bonds is 4. The third-order valence-electron chi connectivity index (χ3n) is 3.68. The van der Waals surface area contributed by atoms with Crippen LogP contribution in [-0.2, 0) is 9.53 Å². The molecular formula is C13H24N2O2. The van der Waals surface area contributed by atoms with Crippen molar-refractivity contribution in [3.05, 3.63) is 0 Å². The number of nitrogens with one attached hydrogen (secondary N) is 1. The third-order valence-corrected chi connectivity index (χ3v) is 3.68. The first-order valence-corrected chi connectivity index (χ1v) is 6.89. The molecule has 0 aromatic rings. The van der Waals surface area contributed by atoms with Crippen LogP contribution in [0.5, 0.6) is 0 Å². The highest BCUT2D eigenvalue weighted by Gasteiger charge is 2.22. The van der Waals surface area contributed by atoms with Gasteiger partial charge in [0.05, 0.1) is 18.8 Å². The molecule has 0 aromatic carbocycles. The van der Waals surface area contributed by atoms with Gasteiger partial charge in [0.25, 0.3) is 0 Å². The lowest BCUT2D eigenvalue weighted by Gasteiger charge is -2.27. The van der Waals surface area contributed by atoms with Crippen molar-refractivity contribution < 1.29 is 9.53 Å². The Morgan fingerprint density at radius 2 is 2.06 bits per heavy atom. The average Bonchev–Trinajstić information content (AvgIpc) is 2.76. The SMILES string of the molecule is CC1CCC(CNCC(=O)N2CCCCC2)O1. The van der Waals surface area contributed by atoms with E-state index in [1.54, 1.807) is 0 Å². The van der Waals surface area contributed by atoms with Crippen molar-refractivity contribution in [1.29, 1.82) is 0 Å². The summed E-state index contributed by atoms with van der Waals surface area (Å²) in [5.41, 5.74) is 0. The second kappa shape index (κ2) is 6.36. The van der Waals surface area contributed by atoms with E-state index >= 15 is 0 Å². The highest BCUT2D eigenvalue weighted by molar-refractivity contribution is 5.78. The van der Waals surface area contributed by atoms with E-state index in [4.69, 9.17) is 4.74 Å². The number of hydrogen-bond donors (Lipinski definition) is 1. The van der Waals surface area contributed by atoms with Gasteiger partial charge in [-0.1, -0.05) is 0 Å². The summed E-state index contributed by atoms with van der Waals surface area (Å²) < 4.78 is 5.70. The Kier molecular flexibility index (Phi) is 4.80. The molecule has 4 nitrogen and oxygen atoms in total. The summed E-state index contributed by atoms with van der Waals surface area (Å²) in [6.45, 7) is 5.27. The van der Waals surface area contributed by atoms with Gasteiger partial charge in [-0.05, 0) is 39.0 Å². The summed E-state index contributed by atoms with van der Waals surface area (Å²) in [5.74, 6) is 0.246. The van der Waals surface area contributed by atoms with Crippen molar-refractivity contribution >= 4 is 5.91 Å². The van der Waals surface area contributed by atoms with Gasteiger partial charge >= 0.3 is 0 Å². The van der Waals surface area contributed by atoms with Crippen LogP contribution in [0.2, 0.25) is 0 Å². The Labute approximate surface area is 104 Å². The summed E-state index contributed by atoms with van der Waals surface area (Å²) in [4.78, 5) is 13.8. The first-order valence-electron chi connectivity index (χ1n) is 6.89. The molecule has 98 valence electrons. The molecule has 2 heterocycles. The highest BCUT2D eigenvalue weighted by Crippen LogP contribution is 2.18. The van der Waals surface area contributed by atoms with Crippen molar-refractivity contribution in [3.8, 4) is 0 Å². The first-order chi connectivity index (χ1) is 8.25. The lowest BCUT2D eigenvalue weighted by atomic mass is 10.1. The predicted octanol–water partition coefficient (Wildman–Crippen LogP) is 1.16. The van der Waals surface area contributed by atoms with Crippen LogP contribution in [0.25, 0.3) is 0 Å². The van der Waals surface area contributed by atoms with Crippen molar-refractivity contribution in [2.75, 3.05) is 26.2 Å². The molecular weight excluding hydrogens is 216 g/mol. The maximum absolute atomic E-state index is 11.9. The molecule has 2 aliphatic rings. The highest BCUT2D eigenvalue weighted by atomic mass is 16.5. The first kappa shape index (κ1) is 12.8. The molecule has 0 radical (unpaired) electrons. The van der Waals surface area contributed by atoms with Gasteiger partial charge in [-0.2, -0.15) is 0 Å². The normalized spacial score (nSPS) is 29.6. The largest absolute Gasteiger partial charge is 0.374 e. The molecule has 0 aliphatic carbocycles. The zero-order valence-electron chi connectivity index (χ0n) is 10.8. The molecule has 2 aliphatic heterocycles. The van der Waals surface area contributed by atoms with Crippen LogP contribution in [0.15, 0.2) is 0 Å². The monoisotopic (exact) mass is 240 g/mol. The fourth-order valence-electron chi connectivity index (χ4n) is 2.63. The minimum absolute atomic E-state index is 0.246. The minimum atomic E-state index is 0.246. The summed E-state index contributed by atoms with van der Waals surface area (Å²) in [7, 11) is 0. The number of hydrogen-bond acceptors (Lipinski definition) is 3. The van der Waals surface area contributed by atoms with Crippen LogP contribution in [0.1, 0.15) is 39.0 Å². The molecule has 4 heteroatoms. The Morgan fingerprint density at radius 1 is 1.29 bits per heavy atom. The topological polar surface area (TPSA) is 41.6 Å².